The van der Waals surface area contributed by atoms with Gasteiger partial charge in [-0.25, -0.2) is 0 Å². The van der Waals surface area contributed by atoms with E-state index in [1.165, 1.54) is 51.4 Å². The van der Waals surface area contributed by atoms with Gasteiger partial charge in [0.2, 0.25) is 0 Å². The quantitative estimate of drug-likeness (QED) is 0.0874. The molecule has 34 heavy (non-hydrogen) atoms. The van der Waals surface area contributed by atoms with Crippen LogP contribution in [0.15, 0.2) is 24.3 Å². The van der Waals surface area contributed by atoms with Crippen molar-refractivity contribution in [1.29, 1.82) is 0 Å². The summed E-state index contributed by atoms with van der Waals surface area (Å²) in [5, 5.41) is 9.40. The molecule has 5 heteroatoms. The molecule has 0 aromatic carbocycles. The Labute approximate surface area is 209 Å². The normalized spacial score (nSPS) is 12.4. The molecule has 0 bridgehead atoms. The maximum atomic E-state index is 12.0. The van der Waals surface area contributed by atoms with Crippen LogP contribution in [-0.4, -0.2) is 36.4 Å². The van der Waals surface area contributed by atoms with Gasteiger partial charge in [0.25, 0.3) is 0 Å². The third-order valence-corrected chi connectivity index (χ3v) is 5.75. The van der Waals surface area contributed by atoms with Crippen LogP contribution in [0.4, 0.5) is 0 Å². The van der Waals surface area contributed by atoms with Gasteiger partial charge in [0.05, 0.1) is 6.61 Å². The highest BCUT2D eigenvalue weighted by Crippen LogP contribution is 2.10. The van der Waals surface area contributed by atoms with Gasteiger partial charge in [-0.2, -0.15) is 0 Å². The Hall–Kier alpha value is -1.62. The third kappa shape index (κ3) is 23.5. The van der Waals surface area contributed by atoms with Gasteiger partial charge in [-0.1, -0.05) is 102 Å². The minimum absolute atomic E-state index is 0.0705. The van der Waals surface area contributed by atoms with Crippen LogP contribution < -0.4 is 0 Å². The van der Waals surface area contributed by atoms with Gasteiger partial charge in [-0.15, -0.1) is 0 Å². The molecule has 0 aromatic heterocycles. The van der Waals surface area contributed by atoms with Crippen LogP contribution in [-0.2, 0) is 19.1 Å². The van der Waals surface area contributed by atoms with Crippen LogP contribution in [0.5, 0.6) is 0 Å². The van der Waals surface area contributed by atoms with Gasteiger partial charge in [0, 0.05) is 12.8 Å². The van der Waals surface area contributed by atoms with Gasteiger partial charge in [0.15, 0.2) is 6.10 Å². The first kappa shape index (κ1) is 32.4. The fourth-order valence-corrected chi connectivity index (χ4v) is 3.57. The van der Waals surface area contributed by atoms with Crippen molar-refractivity contribution in [2.24, 2.45) is 0 Å². The monoisotopic (exact) mass is 480 g/mol. The molecular weight excluding hydrogens is 428 g/mol. The molecular formula is C29H52O5. The van der Waals surface area contributed by atoms with Crippen molar-refractivity contribution in [2.75, 3.05) is 13.2 Å². The summed E-state index contributed by atoms with van der Waals surface area (Å²) in [6.07, 6.45) is 26.7. The van der Waals surface area contributed by atoms with E-state index in [-0.39, 0.29) is 25.2 Å². The van der Waals surface area contributed by atoms with E-state index >= 15 is 0 Å². The predicted octanol–water partition coefficient (Wildman–Crippen LogP) is 7.61. The summed E-state index contributed by atoms with van der Waals surface area (Å²) in [7, 11) is 0. The van der Waals surface area contributed by atoms with Gasteiger partial charge >= 0.3 is 11.9 Å². The number of esters is 2. The predicted molar refractivity (Wildman–Crippen MR) is 141 cm³/mol. The summed E-state index contributed by atoms with van der Waals surface area (Å²) in [4.78, 5) is 23.8. The maximum Gasteiger partial charge on any atom is 0.306 e. The first-order valence-corrected chi connectivity index (χ1v) is 13.9. The maximum absolute atomic E-state index is 12.0. The fraction of sp³-hybridized carbons (Fsp3) is 0.793. The van der Waals surface area contributed by atoms with Gasteiger partial charge in [0.1, 0.15) is 6.61 Å². The number of hydrogen-bond acceptors (Lipinski definition) is 5. The van der Waals surface area contributed by atoms with Crippen LogP contribution >= 0.6 is 0 Å². The van der Waals surface area contributed by atoms with Crippen molar-refractivity contribution < 1.29 is 24.2 Å². The second-order valence-corrected chi connectivity index (χ2v) is 9.12. The summed E-state index contributed by atoms with van der Waals surface area (Å²) in [6, 6.07) is 0. The Morgan fingerprint density at radius 1 is 0.676 bits per heavy atom. The Bertz CT molecular complexity index is 527. The molecule has 0 spiro atoms. The van der Waals surface area contributed by atoms with E-state index in [9.17, 15) is 14.7 Å². The van der Waals surface area contributed by atoms with Crippen molar-refractivity contribution in [3.8, 4) is 0 Å². The number of ether oxygens (including phenoxy) is 2. The molecule has 198 valence electrons. The van der Waals surface area contributed by atoms with Crippen molar-refractivity contribution in [2.45, 2.75) is 136 Å². The number of unbranched alkanes of at least 4 members (excludes halogenated alkanes) is 12. The van der Waals surface area contributed by atoms with Crippen molar-refractivity contribution in [1.82, 2.24) is 0 Å². The summed E-state index contributed by atoms with van der Waals surface area (Å²) in [5.41, 5.74) is 0. The Kier molecular flexibility index (Phi) is 24.8. The molecule has 0 aliphatic rings. The second-order valence-electron chi connectivity index (χ2n) is 9.12. The molecule has 5 nitrogen and oxygen atoms in total. The number of aliphatic hydroxyl groups is 1. The van der Waals surface area contributed by atoms with Crippen LogP contribution in [0.25, 0.3) is 0 Å². The average molecular weight is 481 g/mol. The fourth-order valence-electron chi connectivity index (χ4n) is 3.57. The van der Waals surface area contributed by atoms with Crippen molar-refractivity contribution in [3.63, 3.8) is 0 Å². The summed E-state index contributed by atoms with van der Waals surface area (Å²) < 4.78 is 10.4. The molecule has 0 rings (SSSR count). The molecule has 1 unspecified atom stereocenters. The summed E-state index contributed by atoms with van der Waals surface area (Å²) >= 11 is 0. The zero-order valence-electron chi connectivity index (χ0n) is 22.1. The van der Waals surface area contributed by atoms with Crippen LogP contribution in [0.3, 0.4) is 0 Å². The summed E-state index contributed by atoms with van der Waals surface area (Å²) in [5.74, 6) is -0.621. The highest BCUT2D eigenvalue weighted by Gasteiger charge is 2.16. The number of carbonyl (C=O) groups is 2. The van der Waals surface area contributed by atoms with Gasteiger partial charge in [-0.3, -0.25) is 9.59 Å². The molecule has 0 heterocycles. The molecule has 0 amide bonds. The number of hydrogen-bond donors (Lipinski definition) is 1. The lowest BCUT2D eigenvalue weighted by Crippen LogP contribution is -2.28. The van der Waals surface area contributed by atoms with Gasteiger partial charge < -0.3 is 14.6 Å². The molecule has 0 radical (unpaired) electrons. The molecule has 1 N–H and O–H groups in total. The second kappa shape index (κ2) is 26.0. The van der Waals surface area contributed by atoms with E-state index < -0.39 is 6.10 Å². The number of allylic oxidation sites excluding steroid dienone is 4. The Morgan fingerprint density at radius 3 is 1.82 bits per heavy atom. The first-order valence-electron chi connectivity index (χ1n) is 13.9. The highest BCUT2D eigenvalue weighted by atomic mass is 16.6. The molecule has 0 saturated heterocycles. The first-order chi connectivity index (χ1) is 16.6. The van der Waals surface area contributed by atoms with Gasteiger partial charge in [-0.05, 0) is 38.5 Å². The Morgan fingerprint density at radius 2 is 1.21 bits per heavy atom. The van der Waals surface area contributed by atoms with E-state index in [0.717, 1.165) is 51.4 Å². The van der Waals surface area contributed by atoms with Crippen LogP contribution in [0.2, 0.25) is 0 Å². The molecule has 0 aliphatic heterocycles. The smallest absolute Gasteiger partial charge is 0.306 e. The number of carbonyl (C=O) groups excluding carboxylic acids is 2. The van der Waals surface area contributed by atoms with E-state index in [0.29, 0.717) is 12.8 Å². The molecule has 0 saturated carbocycles. The van der Waals surface area contributed by atoms with E-state index in [1.54, 1.807) is 0 Å². The van der Waals surface area contributed by atoms with Crippen LogP contribution in [0.1, 0.15) is 129 Å². The Balaban J connectivity index is 3.64. The van der Waals surface area contributed by atoms with Crippen molar-refractivity contribution in [3.05, 3.63) is 24.3 Å². The topological polar surface area (TPSA) is 72.8 Å². The number of rotatable bonds is 24. The van der Waals surface area contributed by atoms with E-state index in [2.05, 4.69) is 38.2 Å². The zero-order chi connectivity index (χ0) is 25.1. The lowest BCUT2D eigenvalue weighted by atomic mass is 10.1. The summed E-state index contributed by atoms with van der Waals surface area (Å²) in [6.45, 7) is 3.99. The molecule has 0 aliphatic carbocycles. The van der Waals surface area contributed by atoms with Crippen LogP contribution in [0, 0.1) is 0 Å². The average Bonchev–Trinajstić information content (AvgIpc) is 2.84. The minimum atomic E-state index is -0.769. The molecule has 0 aromatic rings. The zero-order valence-corrected chi connectivity index (χ0v) is 22.1. The third-order valence-electron chi connectivity index (χ3n) is 5.75. The van der Waals surface area contributed by atoms with E-state index in [4.69, 9.17) is 9.47 Å². The highest BCUT2D eigenvalue weighted by molar-refractivity contribution is 5.70. The number of aliphatic hydroxyl groups excluding tert-OH is 1. The van der Waals surface area contributed by atoms with E-state index in [1.807, 2.05) is 0 Å². The molecule has 0 fully saturated rings. The minimum Gasteiger partial charge on any atom is -0.462 e. The lowest BCUT2D eigenvalue weighted by molar-refractivity contribution is -0.161. The largest absolute Gasteiger partial charge is 0.462 e. The molecule has 1 atom stereocenters. The standard InChI is InChI=1S/C29H52O5/c1-3-5-7-9-11-12-13-14-15-16-17-18-20-22-24-29(32)34-27(25-30)26-33-28(31)23-21-19-10-8-6-4-2/h9,11,13-14,27,30H,3-8,10,12,15-26H2,1-2H3/b11-9-,14-13-. The van der Waals surface area contributed by atoms with Crippen molar-refractivity contribution >= 4 is 11.9 Å². The lowest BCUT2D eigenvalue weighted by Gasteiger charge is -2.15. The SMILES string of the molecule is CCCC/C=C\C/C=C\CCCCCCCC(=O)OC(CO)COC(=O)CCCCCCCC.